The predicted octanol–water partition coefficient (Wildman–Crippen LogP) is 4.37. The molecule has 2 unspecified atom stereocenters. The van der Waals surface area contributed by atoms with Crippen LogP contribution in [0.5, 0.6) is 0 Å². The van der Waals surface area contributed by atoms with Crippen LogP contribution in [0.15, 0.2) is 42.0 Å². The number of fused-ring (bicyclic) bond motifs is 3. The van der Waals surface area contributed by atoms with E-state index in [0.29, 0.717) is 34.6 Å². The molecule has 5 rings (SSSR count). The number of hydrogen-bond donors (Lipinski definition) is 2. The molecule has 166 valence electrons. The molecule has 9 nitrogen and oxygen atoms in total. The van der Waals surface area contributed by atoms with Crippen molar-refractivity contribution in [2.45, 2.75) is 32.2 Å². The van der Waals surface area contributed by atoms with E-state index in [4.69, 9.17) is 15.8 Å². The summed E-state index contributed by atoms with van der Waals surface area (Å²) in [5.74, 6) is 1.29. The van der Waals surface area contributed by atoms with E-state index in [1.54, 1.807) is 29.9 Å². The first-order chi connectivity index (χ1) is 16.0. The van der Waals surface area contributed by atoms with Crippen LogP contribution in [0.4, 0.5) is 15.9 Å². The molecule has 0 radical (unpaired) electrons. The molecule has 0 bridgehead atoms. The molecule has 11 heteroatoms. The third kappa shape index (κ3) is 3.41. The molecule has 4 aromatic rings. The second-order valence-electron chi connectivity index (χ2n) is 7.54. The zero-order valence-electron chi connectivity index (χ0n) is 17.9. The zero-order valence-corrected chi connectivity index (χ0v) is 18.7. The third-order valence-corrected chi connectivity index (χ3v) is 6.41. The molecule has 0 aliphatic carbocycles. The van der Waals surface area contributed by atoms with Gasteiger partial charge in [0.2, 0.25) is 0 Å². The van der Waals surface area contributed by atoms with Crippen molar-refractivity contribution in [1.29, 1.82) is 10.8 Å². The average Bonchev–Trinajstić information content (AvgIpc) is 3.50. The summed E-state index contributed by atoms with van der Waals surface area (Å²) in [6.45, 7) is 3.91. The number of rotatable bonds is 6. The van der Waals surface area contributed by atoms with Gasteiger partial charge in [0.15, 0.2) is 11.6 Å². The molecule has 0 saturated carbocycles. The zero-order chi connectivity index (χ0) is 23.1. The van der Waals surface area contributed by atoms with Crippen LogP contribution in [0.1, 0.15) is 47.8 Å². The largest absolute Gasteiger partial charge is 0.314 e. The van der Waals surface area contributed by atoms with E-state index in [2.05, 4.69) is 20.2 Å². The summed E-state index contributed by atoms with van der Waals surface area (Å²) in [6, 6.07) is 6.03. The molecule has 1 aliphatic rings. The molecule has 1 aliphatic heterocycles. The normalized spacial score (nSPS) is 15.6. The Labute approximate surface area is 193 Å². The summed E-state index contributed by atoms with van der Waals surface area (Å²) in [6.07, 6.45) is 5.16. The molecular formula is C22H20FN9S. The Bertz CT molecular complexity index is 1330. The van der Waals surface area contributed by atoms with Crippen molar-refractivity contribution in [2.24, 2.45) is 0 Å². The van der Waals surface area contributed by atoms with Gasteiger partial charge >= 0.3 is 0 Å². The van der Waals surface area contributed by atoms with Crippen LogP contribution in [0, 0.1) is 23.6 Å². The van der Waals surface area contributed by atoms with Gasteiger partial charge in [-0.05, 0) is 37.6 Å². The first-order valence-electron chi connectivity index (χ1n) is 10.4. The van der Waals surface area contributed by atoms with E-state index in [1.165, 1.54) is 23.5 Å². The number of benzene rings is 1. The van der Waals surface area contributed by atoms with Crippen molar-refractivity contribution in [1.82, 2.24) is 29.7 Å². The fourth-order valence-corrected chi connectivity index (χ4v) is 4.69. The van der Waals surface area contributed by atoms with Crippen molar-refractivity contribution >= 4 is 34.8 Å². The van der Waals surface area contributed by atoms with Crippen LogP contribution in [0.3, 0.4) is 0 Å². The topological polar surface area (TPSA) is 120 Å². The summed E-state index contributed by atoms with van der Waals surface area (Å²) in [7, 11) is 0. The van der Waals surface area contributed by atoms with Crippen molar-refractivity contribution in [3.05, 3.63) is 70.3 Å². The maximum absolute atomic E-state index is 13.7. The van der Waals surface area contributed by atoms with Gasteiger partial charge in [0.05, 0.1) is 23.9 Å². The Morgan fingerprint density at radius 3 is 2.70 bits per heavy atom. The van der Waals surface area contributed by atoms with Crippen molar-refractivity contribution < 1.29 is 4.39 Å². The Balaban J connectivity index is 1.70. The first-order valence-corrected chi connectivity index (χ1v) is 11.2. The van der Waals surface area contributed by atoms with E-state index in [-0.39, 0.29) is 17.6 Å². The molecule has 0 spiro atoms. The highest BCUT2D eigenvalue weighted by atomic mass is 32.1. The fraction of sp³-hybridized carbons (Fsp3) is 0.227. The highest BCUT2D eigenvalue weighted by Gasteiger charge is 2.36. The van der Waals surface area contributed by atoms with Gasteiger partial charge in [0.1, 0.15) is 28.2 Å². The number of aromatic nitrogens is 6. The highest BCUT2D eigenvalue weighted by Crippen LogP contribution is 2.43. The van der Waals surface area contributed by atoms with Gasteiger partial charge in [0.25, 0.3) is 0 Å². The number of halogens is 1. The minimum Gasteiger partial charge on any atom is -0.314 e. The lowest BCUT2D eigenvalue weighted by Gasteiger charge is -2.37. The second-order valence-corrected chi connectivity index (χ2v) is 8.44. The van der Waals surface area contributed by atoms with Crippen molar-refractivity contribution in [3.63, 3.8) is 0 Å². The minimum atomic E-state index is -0.750. The lowest BCUT2D eigenvalue weighted by Crippen LogP contribution is -2.33. The Morgan fingerprint density at radius 1 is 1.24 bits per heavy atom. The van der Waals surface area contributed by atoms with E-state index in [9.17, 15) is 4.39 Å². The quantitative estimate of drug-likeness (QED) is 0.412. The lowest BCUT2D eigenvalue weighted by atomic mass is 10.0. The lowest BCUT2D eigenvalue weighted by molar-refractivity contribution is 0.584. The standard InChI is InChI=1S/C22H20FN9S/c1-3-16-21-30-29-12(2)31(21)17-11-27-19(15(10-24)18(25)22-26-8-9-33-22)28-20(17)32(16)14-6-4-13(23)5-7-14/h4-11,15-16,24-25H,3H2,1-2H3. The van der Waals surface area contributed by atoms with Gasteiger partial charge in [-0.2, -0.15) is 0 Å². The average molecular weight is 462 g/mol. The second kappa shape index (κ2) is 8.24. The van der Waals surface area contributed by atoms with Crippen LogP contribution < -0.4 is 4.90 Å². The number of nitrogens with zero attached hydrogens (tertiary/aromatic N) is 7. The number of nitrogens with one attached hydrogen (secondary N) is 2. The number of aryl methyl sites for hydroxylation is 1. The highest BCUT2D eigenvalue weighted by molar-refractivity contribution is 7.11. The molecule has 1 aromatic carbocycles. The number of hydrogen-bond acceptors (Lipinski definition) is 9. The molecule has 2 N–H and O–H groups in total. The summed E-state index contributed by atoms with van der Waals surface area (Å²) >= 11 is 1.33. The van der Waals surface area contributed by atoms with E-state index in [0.717, 1.165) is 17.7 Å². The maximum atomic E-state index is 13.7. The van der Waals surface area contributed by atoms with Crippen LogP contribution in [0.2, 0.25) is 0 Å². The van der Waals surface area contributed by atoms with Crippen LogP contribution in [-0.4, -0.2) is 41.6 Å². The van der Waals surface area contributed by atoms with Gasteiger partial charge in [-0.1, -0.05) is 6.92 Å². The first kappa shape index (κ1) is 21.0. The van der Waals surface area contributed by atoms with Crippen molar-refractivity contribution in [3.8, 4) is 5.69 Å². The third-order valence-electron chi connectivity index (χ3n) is 5.61. The summed E-state index contributed by atoms with van der Waals surface area (Å²) in [5, 5.41) is 27.5. The van der Waals surface area contributed by atoms with Gasteiger partial charge in [-0.3, -0.25) is 4.57 Å². The fourth-order valence-electron chi connectivity index (χ4n) is 4.07. The van der Waals surface area contributed by atoms with E-state index >= 15 is 0 Å². The monoisotopic (exact) mass is 461 g/mol. The Hall–Kier alpha value is -3.86. The molecule has 33 heavy (non-hydrogen) atoms. The van der Waals surface area contributed by atoms with Crippen LogP contribution >= 0.6 is 11.3 Å². The molecular weight excluding hydrogens is 441 g/mol. The number of thiazole rings is 1. The Kier molecular flexibility index (Phi) is 5.25. The molecule has 4 heterocycles. The van der Waals surface area contributed by atoms with Crippen LogP contribution in [0.25, 0.3) is 5.69 Å². The predicted molar refractivity (Wildman–Crippen MR) is 124 cm³/mol. The van der Waals surface area contributed by atoms with Gasteiger partial charge in [-0.15, -0.1) is 21.5 Å². The Morgan fingerprint density at radius 2 is 2.03 bits per heavy atom. The minimum absolute atomic E-state index is 0.164. The molecule has 0 amide bonds. The molecule has 0 saturated heterocycles. The summed E-state index contributed by atoms with van der Waals surface area (Å²) in [5.41, 5.74) is 1.61. The SMILES string of the molecule is CCC1c2nnc(C)n2-c2cnc(C(C=N)C(=N)c3nccs3)nc2N1c1ccc(F)cc1. The maximum Gasteiger partial charge on any atom is 0.161 e. The van der Waals surface area contributed by atoms with Crippen LogP contribution in [-0.2, 0) is 0 Å². The van der Waals surface area contributed by atoms with E-state index < -0.39 is 5.92 Å². The van der Waals surface area contributed by atoms with Gasteiger partial charge < -0.3 is 15.7 Å². The number of anilines is 2. The van der Waals surface area contributed by atoms with Crippen molar-refractivity contribution in [2.75, 3.05) is 4.90 Å². The summed E-state index contributed by atoms with van der Waals surface area (Å²) in [4.78, 5) is 15.6. The molecule has 2 atom stereocenters. The van der Waals surface area contributed by atoms with Gasteiger partial charge in [0, 0.05) is 23.5 Å². The molecule has 3 aromatic heterocycles. The van der Waals surface area contributed by atoms with E-state index in [1.807, 2.05) is 23.3 Å². The molecule has 0 fully saturated rings. The van der Waals surface area contributed by atoms with Gasteiger partial charge in [-0.25, -0.2) is 19.3 Å². The smallest absolute Gasteiger partial charge is 0.161 e. The summed E-state index contributed by atoms with van der Waals surface area (Å²) < 4.78 is 15.6.